The second-order valence-corrected chi connectivity index (χ2v) is 10.9. The van der Waals surface area contributed by atoms with Gasteiger partial charge in [-0.2, -0.15) is 4.57 Å². The smallest absolute Gasteiger partial charge is 0.237 e. The molecule has 0 spiro atoms. The van der Waals surface area contributed by atoms with Crippen molar-refractivity contribution in [3.05, 3.63) is 95.7 Å². The van der Waals surface area contributed by atoms with Crippen LogP contribution in [0.5, 0.6) is 0 Å². The molecule has 0 fully saturated rings. The van der Waals surface area contributed by atoms with Crippen molar-refractivity contribution in [2.45, 2.75) is 52.9 Å². The third-order valence-corrected chi connectivity index (χ3v) is 7.17. The predicted molar refractivity (Wildman–Crippen MR) is 145 cm³/mol. The minimum absolute atomic E-state index is 0.0785. The van der Waals surface area contributed by atoms with Crippen molar-refractivity contribution >= 4 is 21.8 Å². The number of pyridine rings is 1. The summed E-state index contributed by atoms with van der Waals surface area (Å²) in [6, 6.07) is 26.9. The molecule has 2 heteroatoms. The molecule has 0 aliphatic heterocycles. The molecule has 2 aromatic heterocycles. The van der Waals surface area contributed by atoms with E-state index in [9.17, 15) is 0 Å². The summed E-state index contributed by atoms with van der Waals surface area (Å²) in [5.74, 6) is 1.67. The molecule has 0 aliphatic rings. The second-order valence-electron chi connectivity index (χ2n) is 10.9. The number of rotatable bonds is 3. The van der Waals surface area contributed by atoms with Crippen molar-refractivity contribution in [3.63, 3.8) is 0 Å². The van der Waals surface area contributed by atoms with Crippen LogP contribution in [-0.2, 0) is 12.5 Å². The Kier molecular flexibility index (Phi) is 5.36. The van der Waals surface area contributed by atoms with Gasteiger partial charge in [0.2, 0.25) is 0 Å². The molecule has 0 amide bonds. The van der Waals surface area contributed by atoms with E-state index in [1.54, 1.807) is 0 Å². The minimum Gasteiger partial charge on any atom is -0.237 e. The van der Waals surface area contributed by atoms with Gasteiger partial charge in [-0.15, -0.1) is 0 Å². The summed E-state index contributed by atoms with van der Waals surface area (Å²) in [4.78, 5) is 0. The standard InChI is InChI=1S/C32H35N2/c1-21(2)26-15-16-28-27-14-13-24(23-11-9-8-10-12-23)19-29(27)34(31(28)22(26)3)30-20-25(32(4,5)6)17-18-33(30)7/h8-21H,1-7H3/q+1. The number of hydrogen-bond donors (Lipinski definition) is 0. The van der Waals surface area contributed by atoms with E-state index in [0.717, 1.165) is 0 Å². The average Bonchev–Trinajstić information content (AvgIpc) is 3.13. The van der Waals surface area contributed by atoms with Crippen molar-refractivity contribution in [1.82, 2.24) is 4.57 Å². The molecule has 0 saturated heterocycles. The Hall–Kier alpha value is -3.39. The Balaban J connectivity index is 1.93. The van der Waals surface area contributed by atoms with Crippen LogP contribution in [0.4, 0.5) is 0 Å². The van der Waals surface area contributed by atoms with Crippen molar-refractivity contribution in [1.29, 1.82) is 0 Å². The fraction of sp³-hybridized carbons (Fsp3) is 0.281. The van der Waals surface area contributed by atoms with Crippen LogP contribution in [0.25, 0.3) is 38.8 Å². The average molecular weight is 448 g/mol. The highest BCUT2D eigenvalue weighted by molar-refractivity contribution is 6.11. The fourth-order valence-corrected chi connectivity index (χ4v) is 5.21. The first-order valence-electron chi connectivity index (χ1n) is 12.3. The Morgan fingerprint density at radius 3 is 2.18 bits per heavy atom. The third-order valence-electron chi connectivity index (χ3n) is 7.17. The summed E-state index contributed by atoms with van der Waals surface area (Å²) < 4.78 is 4.75. The molecule has 5 aromatic rings. The summed E-state index contributed by atoms with van der Waals surface area (Å²) >= 11 is 0. The van der Waals surface area contributed by atoms with Crippen molar-refractivity contribution in [3.8, 4) is 16.9 Å². The van der Waals surface area contributed by atoms with Gasteiger partial charge in [0.15, 0.2) is 0 Å². The normalized spacial score (nSPS) is 12.2. The first-order chi connectivity index (χ1) is 16.2. The SMILES string of the molecule is Cc1c(C(C)C)ccc2c3ccc(-c4ccccc4)cc3n(-c3cc(C(C)(C)C)cc[n+]3C)c12. The van der Waals surface area contributed by atoms with Crippen molar-refractivity contribution in [2.75, 3.05) is 0 Å². The van der Waals surface area contributed by atoms with E-state index < -0.39 is 0 Å². The van der Waals surface area contributed by atoms with Gasteiger partial charge in [0.25, 0.3) is 5.82 Å². The van der Waals surface area contributed by atoms with E-state index >= 15 is 0 Å². The van der Waals surface area contributed by atoms with E-state index in [0.29, 0.717) is 5.92 Å². The molecule has 2 nitrogen and oxygen atoms in total. The number of aromatic nitrogens is 2. The zero-order valence-electron chi connectivity index (χ0n) is 21.5. The van der Waals surface area contributed by atoms with Gasteiger partial charge >= 0.3 is 0 Å². The molecular weight excluding hydrogens is 412 g/mol. The van der Waals surface area contributed by atoms with Crippen molar-refractivity contribution < 1.29 is 4.57 Å². The van der Waals surface area contributed by atoms with E-state index in [-0.39, 0.29) is 5.41 Å². The summed E-state index contributed by atoms with van der Waals surface area (Å²) in [7, 11) is 2.15. The van der Waals surface area contributed by atoms with Crippen molar-refractivity contribution in [2.24, 2.45) is 7.05 Å². The second kappa shape index (κ2) is 8.13. The number of hydrogen-bond acceptors (Lipinski definition) is 0. The third kappa shape index (κ3) is 3.62. The van der Waals surface area contributed by atoms with Crippen LogP contribution >= 0.6 is 0 Å². The van der Waals surface area contributed by atoms with Gasteiger partial charge in [-0.05, 0) is 64.8 Å². The summed E-state index contributed by atoms with van der Waals surface area (Å²) in [6.07, 6.45) is 2.20. The molecule has 0 aliphatic carbocycles. The molecule has 2 heterocycles. The first-order valence-corrected chi connectivity index (χ1v) is 12.3. The molecule has 5 rings (SSSR count). The Morgan fingerprint density at radius 2 is 1.50 bits per heavy atom. The molecule has 0 N–H and O–H groups in total. The van der Waals surface area contributed by atoms with E-state index in [4.69, 9.17) is 0 Å². The fourth-order valence-electron chi connectivity index (χ4n) is 5.21. The largest absolute Gasteiger partial charge is 0.286 e. The van der Waals surface area contributed by atoms with Crippen LogP contribution in [0, 0.1) is 6.92 Å². The quantitative estimate of drug-likeness (QED) is 0.248. The molecule has 0 unspecified atom stereocenters. The minimum atomic E-state index is 0.0785. The summed E-state index contributed by atoms with van der Waals surface area (Å²) in [5, 5.41) is 2.62. The number of benzene rings is 3. The Morgan fingerprint density at radius 1 is 0.794 bits per heavy atom. The van der Waals surface area contributed by atoms with Gasteiger partial charge in [-0.3, -0.25) is 0 Å². The maximum Gasteiger partial charge on any atom is 0.286 e. The summed E-state index contributed by atoms with van der Waals surface area (Å²) in [6.45, 7) is 13.7. The number of fused-ring (bicyclic) bond motifs is 3. The maximum atomic E-state index is 2.49. The zero-order valence-corrected chi connectivity index (χ0v) is 21.5. The molecule has 172 valence electrons. The highest BCUT2D eigenvalue weighted by Gasteiger charge is 2.26. The van der Waals surface area contributed by atoms with Crippen LogP contribution in [-0.4, -0.2) is 4.57 Å². The molecule has 0 radical (unpaired) electrons. The van der Waals surface area contributed by atoms with Crippen LogP contribution in [0.3, 0.4) is 0 Å². The predicted octanol–water partition coefficient (Wildman–Crippen LogP) is 8.00. The van der Waals surface area contributed by atoms with Gasteiger partial charge in [0.05, 0.1) is 13.2 Å². The van der Waals surface area contributed by atoms with Gasteiger partial charge in [0, 0.05) is 22.4 Å². The molecule has 0 atom stereocenters. The van der Waals surface area contributed by atoms with Gasteiger partial charge in [0.1, 0.15) is 11.0 Å². The molecular formula is C32H35N2+. The van der Waals surface area contributed by atoms with Crippen LogP contribution in [0.1, 0.15) is 57.2 Å². The highest BCUT2D eigenvalue weighted by atomic mass is 15.1. The molecule has 3 aromatic carbocycles. The maximum absolute atomic E-state index is 2.49. The lowest BCUT2D eigenvalue weighted by molar-refractivity contribution is -0.665. The Bertz CT molecular complexity index is 1510. The lowest BCUT2D eigenvalue weighted by Crippen LogP contribution is -2.34. The van der Waals surface area contributed by atoms with E-state index in [2.05, 4.69) is 137 Å². The lowest BCUT2D eigenvalue weighted by Gasteiger charge is -2.19. The van der Waals surface area contributed by atoms with Gasteiger partial charge in [-0.25, -0.2) is 4.57 Å². The topological polar surface area (TPSA) is 8.81 Å². The zero-order chi connectivity index (χ0) is 24.2. The lowest BCUT2D eigenvalue weighted by atomic mass is 9.87. The van der Waals surface area contributed by atoms with E-state index in [1.807, 2.05) is 0 Å². The van der Waals surface area contributed by atoms with Crippen LogP contribution in [0.2, 0.25) is 0 Å². The van der Waals surface area contributed by atoms with Gasteiger partial charge < -0.3 is 0 Å². The van der Waals surface area contributed by atoms with Crippen LogP contribution in [0.15, 0.2) is 79.0 Å². The first kappa shape index (κ1) is 22.4. The number of nitrogens with zero attached hydrogens (tertiary/aromatic N) is 2. The summed E-state index contributed by atoms with van der Waals surface area (Å²) in [5.41, 5.74) is 9.25. The monoisotopic (exact) mass is 447 g/mol. The number of aryl methyl sites for hydroxylation is 2. The highest BCUT2D eigenvalue weighted by Crippen LogP contribution is 2.38. The van der Waals surface area contributed by atoms with Crippen LogP contribution < -0.4 is 4.57 Å². The Labute approximate surface area is 203 Å². The molecule has 34 heavy (non-hydrogen) atoms. The van der Waals surface area contributed by atoms with Gasteiger partial charge in [-0.1, -0.05) is 77.1 Å². The molecule has 0 bridgehead atoms. The molecule has 0 saturated carbocycles. The van der Waals surface area contributed by atoms with E-state index in [1.165, 1.54) is 55.4 Å².